The molecule has 0 aliphatic heterocycles. The van der Waals surface area contributed by atoms with Crippen LogP contribution in [-0.4, -0.2) is 47.2 Å². The van der Waals surface area contributed by atoms with Gasteiger partial charge in [-0.05, 0) is 86.4 Å². The Kier molecular flexibility index (Phi) is 9.74. The highest BCUT2D eigenvalue weighted by Gasteiger charge is 2.21. The van der Waals surface area contributed by atoms with Gasteiger partial charge in [0, 0.05) is 17.0 Å². The van der Waals surface area contributed by atoms with E-state index in [1.165, 1.54) is 10.5 Å². The first-order valence-electron chi connectivity index (χ1n) is 12.2. The Bertz CT molecular complexity index is 1180. The third-order valence-corrected chi connectivity index (χ3v) is 7.03. The summed E-state index contributed by atoms with van der Waals surface area (Å²) in [7, 11) is 0. The number of β-amino-alcohol motifs (C(OH)–C–C–N with tert-alkyl or cyclic N) is 1. The zero-order chi connectivity index (χ0) is 26.3. The number of aliphatic hydroxyl groups is 1. The molecular weight excluding hydrogens is 470 g/mol. The molecule has 0 aliphatic carbocycles. The molecular formula is C30H37NO4S. The minimum atomic E-state index is -0.928. The number of carbonyl (C=O) groups is 1. The van der Waals surface area contributed by atoms with E-state index in [-0.39, 0.29) is 18.2 Å². The number of carboxylic acid groups (broad SMARTS) is 1. The summed E-state index contributed by atoms with van der Waals surface area (Å²) in [4.78, 5) is 12.6. The summed E-state index contributed by atoms with van der Waals surface area (Å²) in [6.45, 7) is 8.70. The first-order valence-corrected chi connectivity index (χ1v) is 13.4. The maximum atomic E-state index is 11.4. The number of hydrogen-bond donors (Lipinski definition) is 3. The number of rotatable bonds is 12. The monoisotopic (exact) mass is 507 g/mol. The number of hydrogen-bond acceptors (Lipinski definition) is 5. The molecule has 0 heterocycles. The summed E-state index contributed by atoms with van der Waals surface area (Å²) >= 11 is 1.74. The van der Waals surface area contributed by atoms with Gasteiger partial charge in [-0.3, -0.25) is 0 Å². The molecule has 2 atom stereocenters. The molecule has 0 aliphatic rings. The molecule has 0 amide bonds. The summed E-state index contributed by atoms with van der Waals surface area (Å²) in [5.41, 5.74) is 5.04. The number of aromatic carboxylic acids is 1. The van der Waals surface area contributed by atoms with Crippen LogP contribution in [0.3, 0.4) is 0 Å². The van der Waals surface area contributed by atoms with Gasteiger partial charge in [-0.15, -0.1) is 11.8 Å². The highest BCUT2D eigenvalue weighted by molar-refractivity contribution is 7.98. The normalized spacial score (nSPS) is 13.4. The predicted molar refractivity (Wildman–Crippen MR) is 148 cm³/mol. The van der Waals surface area contributed by atoms with Crippen molar-refractivity contribution in [3.8, 4) is 11.1 Å². The van der Waals surface area contributed by atoms with Gasteiger partial charge < -0.3 is 20.3 Å². The van der Waals surface area contributed by atoms with Crippen LogP contribution < -0.4 is 5.32 Å². The quantitative estimate of drug-likeness (QED) is 0.256. The maximum Gasteiger partial charge on any atom is 0.335 e. The van der Waals surface area contributed by atoms with Crippen LogP contribution >= 0.6 is 11.8 Å². The molecule has 192 valence electrons. The van der Waals surface area contributed by atoms with E-state index in [2.05, 4.69) is 49.7 Å². The molecule has 0 saturated carbocycles. The van der Waals surface area contributed by atoms with E-state index in [1.54, 1.807) is 24.8 Å². The number of ether oxygens (including phenoxy) is 1. The third-order valence-electron chi connectivity index (χ3n) is 6.30. The third kappa shape index (κ3) is 7.68. The zero-order valence-corrected chi connectivity index (χ0v) is 22.6. The smallest absolute Gasteiger partial charge is 0.335 e. The second kappa shape index (κ2) is 12.5. The van der Waals surface area contributed by atoms with E-state index in [0.717, 1.165) is 23.1 Å². The van der Waals surface area contributed by atoms with Gasteiger partial charge in [0.05, 0.1) is 24.4 Å². The predicted octanol–water partition coefficient (Wildman–Crippen LogP) is 6.13. The highest BCUT2D eigenvalue weighted by atomic mass is 32.2. The average molecular weight is 508 g/mol. The molecule has 0 radical (unpaired) electrons. The molecule has 0 unspecified atom stereocenters. The van der Waals surface area contributed by atoms with Crippen LogP contribution in [0.25, 0.3) is 11.1 Å². The number of carboxylic acids is 1. The van der Waals surface area contributed by atoms with Gasteiger partial charge in [0.1, 0.15) is 0 Å². The zero-order valence-electron chi connectivity index (χ0n) is 21.7. The summed E-state index contributed by atoms with van der Waals surface area (Å²) in [6, 6.07) is 21.9. The van der Waals surface area contributed by atoms with Crippen LogP contribution in [-0.2, 0) is 11.2 Å². The van der Waals surface area contributed by atoms with Crippen molar-refractivity contribution in [2.45, 2.75) is 56.8 Å². The number of aryl methyl sites for hydroxylation is 1. The number of thioether (sulfide) groups is 1. The van der Waals surface area contributed by atoms with Gasteiger partial charge in [0.15, 0.2) is 0 Å². The lowest BCUT2D eigenvalue weighted by molar-refractivity contribution is -0.00397. The number of benzene rings is 3. The lowest BCUT2D eigenvalue weighted by atomic mass is 9.94. The van der Waals surface area contributed by atoms with Gasteiger partial charge in [-0.2, -0.15) is 0 Å². The largest absolute Gasteiger partial charge is 0.478 e. The van der Waals surface area contributed by atoms with Crippen molar-refractivity contribution in [2.75, 3.05) is 19.4 Å². The van der Waals surface area contributed by atoms with Crippen LogP contribution in [0.5, 0.6) is 0 Å². The molecule has 3 N–H and O–H groups in total. The Morgan fingerprint density at radius 1 is 1.08 bits per heavy atom. The second-order valence-corrected chi connectivity index (χ2v) is 10.7. The maximum absolute atomic E-state index is 11.4. The van der Waals surface area contributed by atoms with E-state index >= 15 is 0 Å². The van der Waals surface area contributed by atoms with Crippen LogP contribution in [0.4, 0.5) is 0 Å². The first kappa shape index (κ1) is 27.9. The number of nitrogens with one attached hydrogen (secondary N) is 1. The Labute approximate surface area is 218 Å². The fourth-order valence-corrected chi connectivity index (χ4v) is 4.82. The average Bonchev–Trinajstić information content (AvgIpc) is 2.85. The van der Waals surface area contributed by atoms with Crippen molar-refractivity contribution < 1.29 is 19.7 Å². The van der Waals surface area contributed by atoms with Crippen LogP contribution in [0, 0.1) is 6.92 Å². The lowest BCUT2D eigenvalue weighted by Crippen LogP contribution is -2.46. The van der Waals surface area contributed by atoms with Crippen LogP contribution in [0.1, 0.15) is 53.9 Å². The lowest BCUT2D eigenvalue weighted by Gasteiger charge is -2.28. The summed E-state index contributed by atoms with van der Waals surface area (Å²) in [6.07, 6.45) is 2.05. The summed E-state index contributed by atoms with van der Waals surface area (Å²) < 4.78 is 6.07. The molecule has 0 fully saturated rings. The van der Waals surface area contributed by atoms with E-state index < -0.39 is 12.1 Å². The Balaban J connectivity index is 1.58. The molecule has 0 bridgehead atoms. The molecule has 3 rings (SSSR count). The summed E-state index contributed by atoms with van der Waals surface area (Å²) in [5.74, 6) is -0.928. The Morgan fingerprint density at radius 2 is 1.83 bits per heavy atom. The number of aliphatic hydroxyl groups excluding tert-OH is 1. The molecule has 0 saturated heterocycles. The van der Waals surface area contributed by atoms with Gasteiger partial charge >= 0.3 is 5.97 Å². The minimum absolute atomic E-state index is 0.170. The van der Waals surface area contributed by atoms with Crippen molar-refractivity contribution in [3.05, 3.63) is 89.0 Å². The van der Waals surface area contributed by atoms with E-state index in [9.17, 15) is 15.0 Å². The minimum Gasteiger partial charge on any atom is -0.478 e. The second-order valence-electron chi connectivity index (χ2n) is 9.84. The molecule has 5 nitrogen and oxygen atoms in total. The van der Waals surface area contributed by atoms with Crippen molar-refractivity contribution >= 4 is 17.7 Å². The van der Waals surface area contributed by atoms with Gasteiger partial charge in [0.25, 0.3) is 0 Å². The first-order chi connectivity index (χ1) is 17.1. The van der Waals surface area contributed by atoms with Crippen molar-refractivity contribution in [3.63, 3.8) is 0 Å². The van der Waals surface area contributed by atoms with Crippen molar-refractivity contribution in [1.82, 2.24) is 5.32 Å². The Hall–Kier alpha value is -2.64. The topological polar surface area (TPSA) is 78.8 Å². The molecule has 3 aromatic carbocycles. The van der Waals surface area contributed by atoms with Gasteiger partial charge in [-0.1, -0.05) is 48.5 Å². The molecule has 6 heteroatoms. The standard InChI is InChI=1S/C30H37NO4S/c1-20-15-23(13-14-26(20)29(33)34)28-12-7-6-11-27(28)21(2)35-19-24(32)18-31-30(3,4)17-22-9-8-10-25(16-22)36-5/h6-16,21,24,31-32H,17-19H2,1-5H3,(H,33,34)/t21-,24-/m1/s1. The molecule has 36 heavy (non-hydrogen) atoms. The van der Waals surface area contributed by atoms with Gasteiger partial charge in [-0.25, -0.2) is 4.79 Å². The summed E-state index contributed by atoms with van der Waals surface area (Å²) in [5, 5.41) is 23.4. The van der Waals surface area contributed by atoms with E-state index in [4.69, 9.17) is 4.74 Å². The van der Waals surface area contributed by atoms with Crippen LogP contribution in [0.15, 0.2) is 71.6 Å². The molecule has 0 spiro atoms. The fourth-order valence-electron chi connectivity index (χ4n) is 4.34. The fraction of sp³-hybridized carbons (Fsp3) is 0.367. The van der Waals surface area contributed by atoms with Crippen molar-refractivity contribution in [1.29, 1.82) is 0 Å². The Morgan fingerprint density at radius 3 is 2.53 bits per heavy atom. The van der Waals surface area contributed by atoms with E-state index in [0.29, 0.717) is 17.7 Å². The SMILES string of the molecule is CSc1cccc(CC(C)(C)NC[C@@H](O)CO[C@H](C)c2ccccc2-c2ccc(C(=O)O)c(C)c2)c1. The molecule has 0 aromatic heterocycles. The highest BCUT2D eigenvalue weighted by Crippen LogP contribution is 2.31. The van der Waals surface area contributed by atoms with Crippen LogP contribution in [0.2, 0.25) is 0 Å². The van der Waals surface area contributed by atoms with Crippen molar-refractivity contribution in [2.24, 2.45) is 0 Å². The van der Waals surface area contributed by atoms with Gasteiger partial charge in [0.2, 0.25) is 0 Å². The van der Waals surface area contributed by atoms with E-state index in [1.807, 2.05) is 43.3 Å². The molecule has 3 aromatic rings.